The minimum Gasteiger partial charge on any atom is -0.389 e. The van der Waals surface area contributed by atoms with Crippen LogP contribution >= 0.6 is 0 Å². The van der Waals surface area contributed by atoms with Gasteiger partial charge in [-0.25, -0.2) is 4.79 Å². The number of allylic oxidation sites excluding steroid dienone is 1. The van der Waals surface area contributed by atoms with Crippen molar-refractivity contribution in [3.63, 3.8) is 0 Å². The van der Waals surface area contributed by atoms with E-state index in [0.29, 0.717) is 12.2 Å². The van der Waals surface area contributed by atoms with Crippen molar-refractivity contribution in [2.45, 2.75) is 33.3 Å². The molecule has 0 aromatic carbocycles. The topological polar surface area (TPSA) is 49.3 Å². The van der Waals surface area contributed by atoms with Crippen LogP contribution in [0.2, 0.25) is 0 Å². The molecule has 0 aliphatic rings. The first-order valence-electron chi connectivity index (χ1n) is 4.08. The summed E-state index contributed by atoms with van der Waals surface area (Å²) in [4.78, 5) is 10.4. The third kappa shape index (κ3) is 4.94. The molecule has 0 unspecified atom stereocenters. The van der Waals surface area contributed by atoms with Crippen molar-refractivity contribution in [2.24, 2.45) is 5.92 Å². The molecule has 0 aliphatic carbocycles. The molecule has 3 heteroatoms. The van der Waals surface area contributed by atoms with E-state index in [1.54, 1.807) is 13.8 Å². The Kier molecular flexibility index (Phi) is 4.01. The van der Waals surface area contributed by atoms with Crippen LogP contribution in [-0.4, -0.2) is 23.2 Å². The summed E-state index contributed by atoms with van der Waals surface area (Å²) >= 11 is 0. The van der Waals surface area contributed by atoms with E-state index in [1.165, 1.54) is 0 Å². The van der Waals surface area contributed by atoms with Crippen LogP contribution in [-0.2, 0) is 4.79 Å². The summed E-state index contributed by atoms with van der Waals surface area (Å²) < 4.78 is 0. The van der Waals surface area contributed by atoms with E-state index in [1.807, 2.05) is 19.8 Å². The van der Waals surface area contributed by atoms with E-state index >= 15 is 0 Å². The maximum absolute atomic E-state index is 10.4. The Morgan fingerprint density at radius 2 is 2.08 bits per heavy atom. The van der Waals surface area contributed by atoms with Gasteiger partial charge in [0.1, 0.15) is 5.94 Å². The van der Waals surface area contributed by atoms with Crippen LogP contribution in [0.15, 0.2) is 5.70 Å². The molecule has 0 aromatic heterocycles. The molecule has 0 heterocycles. The lowest BCUT2D eigenvalue weighted by molar-refractivity contribution is 0.0820. The van der Waals surface area contributed by atoms with E-state index < -0.39 is 5.60 Å². The molecule has 0 bridgehead atoms. The van der Waals surface area contributed by atoms with Crippen molar-refractivity contribution in [1.82, 2.24) is 5.32 Å². The Balaban J connectivity index is 4.01. The standard InChI is InChI=1S/C9H17NO2/c1-7(2)8(5-11)10-6-9(3,4)12/h7,10,12H,6H2,1-4H3. The average Bonchev–Trinajstić information content (AvgIpc) is 1.85. The number of carbonyl (C=O) groups excluding carboxylic acids is 1. The van der Waals surface area contributed by atoms with Gasteiger partial charge in [0.15, 0.2) is 0 Å². The minimum absolute atomic E-state index is 0.129. The molecular formula is C9H17NO2. The highest BCUT2D eigenvalue weighted by molar-refractivity contribution is 5.52. The van der Waals surface area contributed by atoms with Crippen LogP contribution in [0.1, 0.15) is 27.7 Å². The average molecular weight is 171 g/mol. The van der Waals surface area contributed by atoms with Gasteiger partial charge in [-0.3, -0.25) is 0 Å². The van der Waals surface area contributed by atoms with Crippen molar-refractivity contribution in [2.75, 3.05) is 6.54 Å². The molecule has 0 saturated heterocycles. The lowest BCUT2D eigenvalue weighted by atomic mass is 10.1. The summed E-state index contributed by atoms with van der Waals surface area (Å²) in [6.45, 7) is 7.54. The number of hydrogen-bond donors (Lipinski definition) is 2. The zero-order valence-corrected chi connectivity index (χ0v) is 8.14. The van der Waals surface area contributed by atoms with Crippen molar-refractivity contribution < 1.29 is 9.90 Å². The Morgan fingerprint density at radius 1 is 1.58 bits per heavy atom. The van der Waals surface area contributed by atoms with Gasteiger partial charge in [0.05, 0.1) is 11.3 Å². The zero-order valence-electron chi connectivity index (χ0n) is 8.14. The van der Waals surface area contributed by atoms with Crippen molar-refractivity contribution >= 4 is 5.94 Å². The molecular weight excluding hydrogens is 154 g/mol. The van der Waals surface area contributed by atoms with E-state index in [0.717, 1.165) is 0 Å². The van der Waals surface area contributed by atoms with E-state index in [4.69, 9.17) is 0 Å². The first-order chi connectivity index (χ1) is 5.37. The van der Waals surface area contributed by atoms with Gasteiger partial charge in [-0.05, 0) is 13.8 Å². The van der Waals surface area contributed by atoms with Gasteiger partial charge >= 0.3 is 0 Å². The van der Waals surface area contributed by atoms with Crippen LogP contribution < -0.4 is 5.32 Å². The Hall–Kier alpha value is -0.790. The summed E-state index contributed by atoms with van der Waals surface area (Å²) in [6, 6.07) is 0. The summed E-state index contributed by atoms with van der Waals surface area (Å²) in [5, 5.41) is 12.2. The molecule has 2 N–H and O–H groups in total. The van der Waals surface area contributed by atoms with Gasteiger partial charge in [-0.15, -0.1) is 0 Å². The summed E-state index contributed by atoms with van der Waals surface area (Å²) in [6.07, 6.45) is 0. The predicted molar refractivity (Wildman–Crippen MR) is 48.3 cm³/mol. The number of rotatable bonds is 4. The van der Waals surface area contributed by atoms with Crippen LogP contribution in [0.3, 0.4) is 0 Å². The molecule has 0 saturated carbocycles. The Labute approximate surface area is 73.5 Å². The van der Waals surface area contributed by atoms with Crippen molar-refractivity contribution in [3.8, 4) is 0 Å². The summed E-state index contributed by atoms with van der Waals surface area (Å²) in [5.74, 6) is 1.95. The fourth-order valence-corrected chi connectivity index (χ4v) is 0.670. The third-order valence-corrected chi connectivity index (χ3v) is 1.40. The molecule has 0 aliphatic heterocycles. The first-order valence-corrected chi connectivity index (χ1v) is 4.08. The number of hydrogen-bond acceptors (Lipinski definition) is 3. The quantitative estimate of drug-likeness (QED) is 0.613. The maximum Gasteiger partial charge on any atom is 0.145 e. The van der Waals surface area contributed by atoms with Crippen LogP contribution in [0.4, 0.5) is 0 Å². The largest absolute Gasteiger partial charge is 0.389 e. The first kappa shape index (κ1) is 11.2. The van der Waals surface area contributed by atoms with Gasteiger partial charge < -0.3 is 10.4 Å². The van der Waals surface area contributed by atoms with Gasteiger partial charge in [-0.2, -0.15) is 0 Å². The Morgan fingerprint density at radius 3 is 2.33 bits per heavy atom. The van der Waals surface area contributed by atoms with Gasteiger partial charge in [0.25, 0.3) is 0 Å². The van der Waals surface area contributed by atoms with Crippen LogP contribution in [0, 0.1) is 5.92 Å². The highest BCUT2D eigenvalue weighted by Gasteiger charge is 2.13. The molecule has 70 valence electrons. The maximum atomic E-state index is 10.4. The third-order valence-electron chi connectivity index (χ3n) is 1.40. The van der Waals surface area contributed by atoms with Gasteiger partial charge in [0, 0.05) is 12.5 Å². The van der Waals surface area contributed by atoms with E-state index in [9.17, 15) is 9.90 Å². The molecule has 3 nitrogen and oxygen atoms in total. The SMILES string of the molecule is CC(C)C(=C=O)NCC(C)(C)O. The second kappa shape index (κ2) is 4.29. The molecule has 0 spiro atoms. The fraction of sp³-hybridized carbons (Fsp3) is 0.778. The highest BCUT2D eigenvalue weighted by atomic mass is 16.3. The fourth-order valence-electron chi connectivity index (χ4n) is 0.670. The van der Waals surface area contributed by atoms with E-state index in [-0.39, 0.29) is 5.92 Å². The molecule has 0 rings (SSSR count). The van der Waals surface area contributed by atoms with Gasteiger partial charge in [0.2, 0.25) is 0 Å². The van der Waals surface area contributed by atoms with Crippen molar-refractivity contribution in [1.29, 1.82) is 0 Å². The smallest absolute Gasteiger partial charge is 0.145 e. The molecule has 0 aromatic rings. The van der Waals surface area contributed by atoms with Crippen LogP contribution in [0.25, 0.3) is 0 Å². The molecule has 0 fully saturated rings. The summed E-state index contributed by atoms with van der Waals surface area (Å²) in [5.41, 5.74) is -0.283. The normalized spacial score (nSPS) is 11.2. The molecule has 0 amide bonds. The highest BCUT2D eigenvalue weighted by Crippen LogP contribution is 2.04. The number of nitrogens with one attached hydrogen (secondary N) is 1. The summed E-state index contributed by atoms with van der Waals surface area (Å²) in [7, 11) is 0. The Bertz CT molecular complexity index is 185. The second-order valence-electron chi connectivity index (χ2n) is 3.84. The van der Waals surface area contributed by atoms with Crippen LogP contribution in [0.5, 0.6) is 0 Å². The molecule has 0 radical (unpaired) electrons. The minimum atomic E-state index is -0.795. The van der Waals surface area contributed by atoms with Gasteiger partial charge in [-0.1, -0.05) is 13.8 Å². The van der Waals surface area contributed by atoms with Crippen molar-refractivity contribution in [3.05, 3.63) is 5.70 Å². The zero-order chi connectivity index (χ0) is 9.78. The number of aliphatic hydroxyl groups is 1. The predicted octanol–water partition coefficient (Wildman–Crippen LogP) is 0.718. The monoisotopic (exact) mass is 171 g/mol. The lowest BCUT2D eigenvalue weighted by Gasteiger charge is -2.19. The molecule has 0 atom stereocenters. The lowest BCUT2D eigenvalue weighted by Crippen LogP contribution is -2.35. The van der Waals surface area contributed by atoms with E-state index in [2.05, 4.69) is 5.32 Å². The molecule has 12 heavy (non-hydrogen) atoms. The second-order valence-corrected chi connectivity index (χ2v) is 3.84.